The van der Waals surface area contributed by atoms with Gasteiger partial charge in [0.15, 0.2) is 0 Å². The van der Waals surface area contributed by atoms with Crippen LogP contribution in [0.4, 0.5) is 0 Å². The van der Waals surface area contributed by atoms with Crippen molar-refractivity contribution in [1.29, 1.82) is 0 Å². The van der Waals surface area contributed by atoms with Crippen LogP contribution in [0.25, 0.3) is 0 Å². The Hall–Kier alpha value is -0.530. The number of benzene rings is 1. The molecule has 0 amide bonds. The monoisotopic (exact) mass is 239 g/mol. The maximum Gasteiger partial charge on any atom is 0.0453 e. The number of hydrogen-bond donors (Lipinski definition) is 1. The van der Waals surface area contributed by atoms with Crippen LogP contribution in [0.2, 0.25) is 5.02 Å². The molecule has 0 saturated carbocycles. The van der Waals surface area contributed by atoms with Crippen LogP contribution in [0.15, 0.2) is 24.3 Å². The van der Waals surface area contributed by atoms with E-state index in [1.807, 2.05) is 12.1 Å². The Kier molecular flexibility index (Phi) is 5.86. The zero-order chi connectivity index (χ0) is 12.0. The second-order valence-electron chi connectivity index (χ2n) is 4.34. The van der Waals surface area contributed by atoms with Crippen LogP contribution in [0.5, 0.6) is 0 Å². The average molecular weight is 240 g/mol. The Morgan fingerprint density at radius 1 is 1.25 bits per heavy atom. The van der Waals surface area contributed by atoms with Gasteiger partial charge in [0.2, 0.25) is 0 Å². The first-order valence-corrected chi connectivity index (χ1v) is 6.56. The average Bonchev–Trinajstić information content (AvgIpc) is 2.31. The largest absolute Gasteiger partial charge is 0.310 e. The third kappa shape index (κ3) is 3.50. The summed E-state index contributed by atoms with van der Waals surface area (Å²) in [5, 5.41) is 4.46. The molecular weight excluding hydrogens is 218 g/mol. The summed E-state index contributed by atoms with van der Waals surface area (Å²) in [6, 6.07) is 8.52. The predicted molar refractivity (Wildman–Crippen MR) is 71.9 cm³/mol. The summed E-state index contributed by atoms with van der Waals surface area (Å²) in [6.07, 6.45) is 2.31. The van der Waals surface area contributed by atoms with Gasteiger partial charge in [-0.1, -0.05) is 57.0 Å². The normalized spacial score (nSPS) is 14.8. The molecule has 90 valence electrons. The van der Waals surface area contributed by atoms with Crippen molar-refractivity contribution < 1.29 is 0 Å². The molecule has 1 rings (SSSR count). The van der Waals surface area contributed by atoms with Gasteiger partial charge in [0.25, 0.3) is 0 Å². The van der Waals surface area contributed by atoms with Gasteiger partial charge in [0.1, 0.15) is 0 Å². The summed E-state index contributed by atoms with van der Waals surface area (Å²) < 4.78 is 0. The van der Waals surface area contributed by atoms with Crippen LogP contribution in [-0.4, -0.2) is 6.54 Å². The van der Waals surface area contributed by atoms with E-state index in [1.54, 1.807) is 0 Å². The van der Waals surface area contributed by atoms with Gasteiger partial charge in [-0.05, 0) is 30.5 Å². The van der Waals surface area contributed by atoms with Crippen molar-refractivity contribution in [3.05, 3.63) is 34.9 Å². The third-order valence-corrected chi connectivity index (χ3v) is 3.41. The molecule has 2 heteroatoms. The van der Waals surface area contributed by atoms with Gasteiger partial charge in [-0.15, -0.1) is 0 Å². The number of hydrogen-bond acceptors (Lipinski definition) is 1. The van der Waals surface area contributed by atoms with Crippen molar-refractivity contribution in [2.45, 2.75) is 39.7 Å². The number of nitrogens with one attached hydrogen (secondary N) is 1. The lowest BCUT2D eigenvalue weighted by molar-refractivity contribution is 0.377. The summed E-state index contributed by atoms with van der Waals surface area (Å²) in [5.41, 5.74) is 1.23. The molecule has 0 radical (unpaired) electrons. The molecule has 0 aliphatic rings. The van der Waals surface area contributed by atoms with Crippen molar-refractivity contribution in [1.82, 2.24) is 5.32 Å². The van der Waals surface area contributed by atoms with Gasteiger partial charge in [-0.3, -0.25) is 0 Å². The maximum atomic E-state index is 6.26. The summed E-state index contributed by atoms with van der Waals surface area (Å²) in [7, 11) is 0. The van der Waals surface area contributed by atoms with E-state index in [-0.39, 0.29) is 0 Å². The molecular formula is C14H22ClN. The predicted octanol–water partition coefficient (Wildman–Crippen LogP) is 4.43. The van der Waals surface area contributed by atoms with Gasteiger partial charge >= 0.3 is 0 Å². The Labute approximate surface area is 104 Å². The maximum absolute atomic E-state index is 6.26. The molecule has 0 saturated heterocycles. The van der Waals surface area contributed by atoms with Crippen LogP contribution < -0.4 is 5.32 Å². The Morgan fingerprint density at radius 2 is 1.94 bits per heavy atom. The fraction of sp³-hybridized carbons (Fsp3) is 0.571. The lowest BCUT2D eigenvalue weighted by Gasteiger charge is -2.25. The summed E-state index contributed by atoms with van der Waals surface area (Å²) in [4.78, 5) is 0. The van der Waals surface area contributed by atoms with Gasteiger partial charge in [-0.2, -0.15) is 0 Å². The lowest BCUT2D eigenvalue weighted by Crippen LogP contribution is -2.27. The quantitative estimate of drug-likeness (QED) is 0.775. The van der Waals surface area contributed by atoms with Crippen molar-refractivity contribution in [2.75, 3.05) is 6.54 Å². The van der Waals surface area contributed by atoms with E-state index in [4.69, 9.17) is 11.6 Å². The van der Waals surface area contributed by atoms with Crippen LogP contribution in [-0.2, 0) is 0 Å². The molecule has 2 atom stereocenters. The fourth-order valence-corrected chi connectivity index (χ4v) is 2.13. The van der Waals surface area contributed by atoms with Gasteiger partial charge in [0, 0.05) is 11.1 Å². The van der Waals surface area contributed by atoms with E-state index < -0.39 is 0 Å². The van der Waals surface area contributed by atoms with Gasteiger partial charge in [-0.25, -0.2) is 0 Å². The molecule has 0 spiro atoms. The Morgan fingerprint density at radius 3 is 2.50 bits per heavy atom. The molecule has 0 aromatic heterocycles. The molecule has 0 heterocycles. The van der Waals surface area contributed by atoms with E-state index in [2.05, 4.69) is 38.2 Å². The highest BCUT2D eigenvalue weighted by atomic mass is 35.5. The second kappa shape index (κ2) is 6.93. The molecule has 1 N–H and O–H groups in total. The third-order valence-electron chi connectivity index (χ3n) is 3.07. The summed E-state index contributed by atoms with van der Waals surface area (Å²) in [6.45, 7) is 7.73. The zero-order valence-corrected chi connectivity index (χ0v) is 11.2. The molecule has 1 nitrogen and oxygen atoms in total. The van der Waals surface area contributed by atoms with Crippen molar-refractivity contribution in [3.63, 3.8) is 0 Å². The number of halogens is 1. The van der Waals surface area contributed by atoms with Crippen LogP contribution in [0, 0.1) is 5.92 Å². The van der Waals surface area contributed by atoms with E-state index in [1.165, 1.54) is 5.56 Å². The minimum atomic E-state index is 0.374. The van der Waals surface area contributed by atoms with E-state index in [0.717, 1.165) is 24.4 Å². The molecule has 0 fully saturated rings. The van der Waals surface area contributed by atoms with Crippen LogP contribution in [0.1, 0.15) is 45.2 Å². The smallest absolute Gasteiger partial charge is 0.0453 e. The first kappa shape index (κ1) is 13.5. The molecule has 0 bridgehead atoms. The topological polar surface area (TPSA) is 12.0 Å². The molecule has 2 unspecified atom stereocenters. The lowest BCUT2D eigenvalue weighted by atomic mass is 9.92. The SMILES string of the molecule is CCCNC(c1ccccc1Cl)C(C)CC. The standard InChI is InChI=1S/C14H22ClN/c1-4-10-16-14(11(3)5-2)12-8-6-7-9-13(12)15/h6-9,11,14,16H,4-5,10H2,1-3H3. The highest BCUT2D eigenvalue weighted by molar-refractivity contribution is 6.31. The highest BCUT2D eigenvalue weighted by Gasteiger charge is 2.18. The van der Waals surface area contributed by atoms with Crippen molar-refractivity contribution >= 4 is 11.6 Å². The molecule has 16 heavy (non-hydrogen) atoms. The summed E-state index contributed by atoms with van der Waals surface area (Å²) in [5.74, 6) is 0.603. The van der Waals surface area contributed by atoms with Crippen molar-refractivity contribution in [3.8, 4) is 0 Å². The Balaban J connectivity index is 2.87. The second-order valence-corrected chi connectivity index (χ2v) is 4.75. The van der Waals surface area contributed by atoms with Crippen LogP contribution >= 0.6 is 11.6 Å². The molecule has 0 aliphatic carbocycles. The zero-order valence-electron chi connectivity index (χ0n) is 10.5. The molecule has 1 aromatic rings. The van der Waals surface area contributed by atoms with E-state index in [9.17, 15) is 0 Å². The first-order valence-electron chi connectivity index (χ1n) is 6.18. The van der Waals surface area contributed by atoms with Gasteiger partial charge < -0.3 is 5.32 Å². The highest BCUT2D eigenvalue weighted by Crippen LogP contribution is 2.29. The minimum absolute atomic E-state index is 0.374. The first-order chi connectivity index (χ1) is 7.70. The van der Waals surface area contributed by atoms with Crippen molar-refractivity contribution in [2.24, 2.45) is 5.92 Å². The van der Waals surface area contributed by atoms with Gasteiger partial charge in [0.05, 0.1) is 0 Å². The Bertz CT molecular complexity index is 311. The fourth-order valence-electron chi connectivity index (χ4n) is 1.88. The van der Waals surface area contributed by atoms with Crippen LogP contribution in [0.3, 0.4) is 0 Å². The number of rotatable bonds is 6. The summed E-state index contributed by atoms with van der Waals surface area (Å²) >= 11 is 6.26. The molecule has 1 aromatic carbocycles. The van der Waals surface area contributed by atoms with E-state index >= 15 is 0 Å². The molecule has 0 aliphatic heterocycles. The minimum Gasteiger partial charge on any atom is -0.310 e. The van der Waals surface area contributed by atoms with E-state index in [0.29, 0.717) is 12.0 Å².